The summed E-state index contributed by atoms with van der Waals surface area (Å²) in [5, 5.41) is 7.97. The molecule has 96 valence electrons. The van der Waals surface area contributed by atoms with E-state index in [1.807, 2.05) is 0 Å². The quantitative estimate of drug-likeness (QED) is 0.751. The summed E-state index contributed by atoms with van der Waals surface area (Å²) in [6.07, 6.45) is -4.29. The normalized spacial score (nSPS) is 11.5. The van der Waals surface area contributed by atoms with E-state index in [2.05, 4.69) is 25.2 Å². The van der Waals surface area contributed by atoms with Crippen LogP contribution in [0, 0.1) is 0 Å². The van der Waals surface area contributed by atoms with Crippen molar-refractivity contribution in [2.24, 2.45) is 0 Å². The second-order valence-corrected chi connectivity index (χ2v) is 3.04. The van der Waals surface area contributed by atoms with Crippen molar-refractivity contribution in [1.29, 1.82) is 0 Å². The van der Waals surface area contributed by atoms with Gasteiger partial charge in [0, 0.05) is 0 Å². The van der Waals surface area contributed by atoms with Gasteiger partial charge in [-0.1, -0.05) is 0 Å². The van der Waals surface area contributed by atoms with Crippen molar-refractivity contribution >= 4 is 5.97 Å². The molecule has 0 aliphatic carbocycles. The number of hydrogen-bond acceptors (Lipinski definition) is 5. The van der Waals surface area contributed by atoms with Crippen LogP contribution in [0.5, 0.6) is 0 Å². The van der Waals surface area contributed by atoms with Gasteiger partial charge in [0.25, 0.3) is 5.82 Å². The molecule has 0 fully saturated rings. The minimum absolute atomic E-state index is 0.136. The standard InChI is InChI=1S/C8H11F3N4O2/c1-2-17-7(16)6-13-5(14-15-6)3-12-4-8(9,10)11/h12H,2-4H2,1H3,(H,13,14,15). The Morgan fingerprint density at radius 2 is 2.24 bits per heavy atom. The second-order valence-electron chi connectivity index (χ2n) is 3.04. The van der Waals surface area contributed by atoms with Gasteiger partial charge in [0.2, 0.25) is 0 Å². The third-order valence-corrected chi connectivity index (χ3v) is 1.61. The van der Waals surface area contributed by atoms with Crippen molar-refractivity contribution in [1.82, 2.24) is 20.5 Å². The molecule has 0 radical (unpaired) electrons. The van der Waals surface area contributed by atoms with Gasteiger partial charge in [-0.3, -0.25) is 5.10 Å². The summed E-state index contributed by atoms with van der Waals surface area (Å²) in [5.74, 6) is -0.779. The molecular formula is C8H11F3N4O2. The molecule has 17 heavy (non-hydrogen) atoms. The van der Waals surface area contributed by atoms with Crippen LogP contribution in [0.15, 0.2) is 0 Å². The number of aromatic amines is 1. The molecule has 1 aromatic heterocycles. The van der Waals surface area contributed by atoms with Gasteiger partial charge in [0.05, 0.1) is 19.7 Å². The van der Waals surface area contributed by atoms with Crippen molar-refractivity contribution in [3.63, 3.8) is 0 Å². The maximum Gasteiger partial charge on any atom is 0.401 e. The van der Waals surface area contributed by atoms with E-state index in [1.54, 1.807) is 6.92 Å². The predicted molar refractivity (Wildman–Crippen MR) is 50.1 cm³/mol. The maximum atomic E-state index is 11.8. The zero-order chi connectivity index (χ0) is 12.9. The van der Waals surface area contributed by atoms with Crippen molar-refractivity contribution in [3.8, 4) is 0 Å². The molecule has 0 amide bonds. The monoisotopic (exact) mass is 252 g/mol. The molecule has 0 aromatic carbocycles. The first-order chi connectivity index (χ1) is 7.92. The highest BCUT2D eigenvalue weighted by Crippen LogP contribution is 2.12. The van der Waals surface area contributed by atoms with Crippen molar-refractivity contribution < 1.29 is 22.7 Å². The minimum Gasteiger partial charge on any atom is -0.460 e. The molecule has 0 unspecified atom stereocenters. The highest BCUT2D eigenvalue weighted by Gasteiger charge is 2.26. The molecule has 2 N–H and O–H groups in total. The zero-order valence-electron chi connectivity index (χ0n) is 8.97. The summed E-state index contributed by atoms with van der Waals surface area (Å²) >= 11 is 0. The van der Waals surface area contributed by atoms with E-state index in [4.69, 9.17) is 0 Å². The van der Waals surface area contributed by atoms with Gasteiger partial charge >= 0.3 is 12.1 Å². The van der Waals surface area contributed by atoms with Crippen LogP contribution in [0.4, 0.5) is 13.2 Å². The third kappa shape index (κ3) is 4.81. The third-order valence-electron chi connectivity index (χ3n) is 1.61. The first-order valence-corrected chi connectivity index (χ1v) is 4.78. The molecule has 0 saturated heterocycles. The van der Waals surface area contributed by atoms with Crippen LogP contribution in [-0.4, -0.2) is 40.5 Å². The molecule has 1 rings (SSSR count). The van der Waals surface area contributed by atoms with E-state index in [0.717, 1.165) is 0 Å². The molecule has 1 heterocycles. The van der Waals surface area contributed by atoms with E-state index in [0.29, 0.717) is 0 Å². The number of carbonyl (C=O) groups excluding carboxylic acids is 1. The number of hydrogen-bond donors (Lipinski definition) is 2. The summed E-state index contributed by atoms with van der Waals surface area (Å²) in [6.45, 7) is 0.500. The van der Waals surface area contributed by atoms with E-state index >= 15 is 0 Å². The summed E-state index contributed by atoms with van der Waals surface area (Å²) in [5.41, 5.74) is 0. The molecular weight excluding hydrogens is 241 g/mol. The average molecular weight is 252 g/mol. The number of rotatable bonds is 5. The number of halogens is 3. The van der Waals surface area contributed by atoms with Gasteiger partial charge in [0.1, 0.15) is 5.82 Å². The van der Waals surface area contributed by atoms with Crippen molar-refractivity contribution in [3.05, 3.63) is 11.6 Å². The fourth-order valence-corrected chi connectivity index (χ4v) is 0.984. The first-order valence-electron chi connectivity index (χ1n) is 4.78. The number of aromatic nitrogens is 3. The number of alkyl halides is 3. The van der Waals surface area contributed by atoms with Crippen LogP contribution in [-0.2, 0) is 11.3 Å². The molecule has 0 aliphatic heterocycles. The van der Waals surface area contributed by atoms with Gasteiger partial charge in [0.15, 0.2) is 0 Å². The average Bonchev–Trinajstić information content (AvgIpc) is 2.65. The first kappa shape index (κ1) is 13.4. The highest BCUT2D eigenvalue weighted by molar-refractivity contribution is 5.84. The number of H-pyrrole nitrogens is 1. The molecule has 0 atom stereocenters. The molecule has 0 bridgehead atoms. The topological polar surface area (TPSA) is 79.9 Å². The Hall–Kier alpha value is -1.64. The Balaban J connectivity index is 2.43. The zero-order valence-corrected chi connectivity index (χ0v) is 8.97. The number of ether oxygens (including phenoxy) is 1. The van der Waals surface area contributed by atoms with Crippen LogP contribution >= 0.6 is 0 Å². The Morgan fingerprint density at radius 1 is 1.53 bits per heavy atom. The lowest BCUT2D eigenvalue weighted by molar-refractivity contribution is -0.125. The van der Waals surface area contributed by atoms with Gasteiger partial charge < -0.3 is 10.1 Å². The Morgan fingerprint density at radius 3 is 2.82 bits per heavy atom. The van der Waals surface area contributed by atoms with Crippen LogP contribution in [0.1, 0.15) is 23.4 Å². The summed E-state index contributed by atoms with van der Waals surface area (Å²) < 4.78 is 40.0. The van der Waals surface area contributed by atoms with Gasteiger partial charge in [-0.05, 0) is 6.92 Å². The molecule has 1 aromatic rings. The smallest absolute Gasteiger partial charge is 0.401 e. The number of carbonyl (C=O) groups is 1. The predicted octanol–water partition coefficient (Wildman–Crippen LogP) is 0.633. The fraction of sp³-hybridized carbons (Fsp3) is 0.625. The van der Waals surface area contributed by atoms with Gasteiger partial charge in [-0.15, -0.1) is 5.10 Å². The van der Waals surface area contributed by atoms with Crippen LogP contribution < -0.4 is 5.32 Å². The minimum atomic E-state index is -4.29. The molecule has 0 aliphatic rings. The molecule has 0 spiro atoms. The van der Waals surface area contributed by atoms with E-state index in [-0.39, 0.29) is 24.8 Å². The van der Waals surface area contributed by atoms with E-state index in [1.165, 1.54) is 0 Å². The largest absolute Gasteiger partial charge is 0.460 e. The fourth-order valence-electron chi connectivity index (χ4n) is 0.984. The van der Waals surface area contributed by atoms with E-state index in [9.17, 15) is 18.0 Å². The van der Waals surface area contributed by atoms with E-state index < -0.39 is 18.7 Å². The van der Waals surface area contributed by atoms with Gasteiger partial charge in [-0.25, -0.2) is 9.78 Å². The Bertz CT molecular complexity index is 377. The van der Waals surface area contributed by atoms with Crippen molar-refractivity contribution in [2.75, 3.05) is 13.2 Å². The summed E-state index contributed by atoms with van der Waals surface area (Å²) in [7, 11) is 0. The number of nitrogens with zero attached hydrogens (tertiary/aromatic N) is 2. The lowest BCUT2D eigenvalue weighted by atomic mass is 10.5. The summed E-state index contributed by atoms with van der Waals surface area (Å²) in [4.78, 5) is 14.8. The Kier molecular flexibility index (Phi) is 4.44. The lowest BCUT2D eigenvalue weighted by Crippen LogP contribution is -2.28. The van der Waals surface area contributed by atoms with Crippen LogP contribution in [0.2, 0.25) is 0 Å². The maximum absolute atomic E-state index is 11.8. The van der Waals surface area contributed by atoms with Gasteiger partial charge in [-0.2, -0.15) is 13.2 Å². The second kappa shape index (κ2) is 5.62. The molecule has 0 saturated carbocycles. The molecule has 9 heteroatoms. The van der Waals surface area contributed by atoms with Crippen molar-refractivity contribution in [2.45, 2.75) is 19.6 Å². The Labute approximate surface area is 94.6 Å². The number of esters is 1. The number of nitrogens with one attached hydrogen (secondary N) is 2. The van der Waals surface area contributed by atoms with Crippen LogP contribution in [0.25, 0.3) is 0 Å². The molecule has 6 nitrogen and oxygen atoms in total. The van der Waals surface area contributed by atoms with Crippen LogP contribution in [0.3, 0.4) is 0 Å². The summed E-state index contributed by atoms with van der Waals surface area (Å²) in [6, 6.07) is 0. The lowest BCUT2D eigenvalue weighted by Gasteiger charge is -2.05. The highest BCUT2D eigenvalue weighted by atomic mass is 19.4. The SMILES string of the molecule is CCOC(=O)c1n[nH]c(CNCC(F)(F)F)n1.